The highest BCUT2D eigenvalue weighted by Crippen LogP contribution is 2.34. The smallest absolute Gasteiger partial charge is 0.227 e. The van der Waals surface area contributed by atoms with Gasteiger partial charge in [0, 0.05) is 45.2 Å². The molecule has 3 aliphatic rings. The first-order valence-corrected chi connectivity index (χ1v) is 12.6. The Balaban J connectivity index is 1.54. The molecule has 3 heterocycles. The maximum Gasteiger partial charge on any atom is 0.227 e. The van der Waals surface area contributed by atoms with E-state index in [1.807, 2.05) is 0 Å². The van der Waals surface area contributed by atoms with Gasteiger partial charge in [-0.2, -0.15) is 4.98 Å². The molecule has 166 valence electrons. The van der Waals surface area contributed by atoms with Crippen LogP contribution >= 0.6 is 0 Å². The predicted molar refractivity (Wildman–Crippen MR) is 116 cm³/mol. The van der Waals surface area contributed by atoms with Crippen molar-refractivity contribution in [3.05, 3.63) is 11.3 Å². The summed E-state index contributed by atoms with van der Waals surface area (Å²) in [6.07, 6.45) is 6.72. The van der Waals surface area contributed by atoms with Gasteiger partial charge < -0.3 is 15.1 Å². The average molecular weight is 437 g/mol. The highest BCUT2D eigenvalue weighted by atomic mass is 32.2. The van der Waals surface area contributed by atoms with Crippen molar-refractivity contribution in [2.75, 3.05) is 43.0 Å². The van der Waals surface area contributed by atoms with E-state index in [0.29, 0.717) is 44.2 Å². The van der Waals surface area contributed by atoms with Crippen LogP contribution in [0.15, 0.2) is 0 Å². The van der Waals surface area contributed by atoms with Gasteiger partial charge in [0.05, 0.1) is 10.9 Å². The van der Waals surface area contributed by atoms with Gasteiger partial charge >= 0.3 is 0 Å². The molecule has 1 aromatic heterocycles. The summed E-state index contributed by atoms with van der Waals surface area (Å²) in [5.74, 6) is 2.14. The van der Waals surface area contributed by atoms with Gasteiger partial charge in [-0.3, -0.25) is 4.79 Å². The topological polar surface area (TPSA) is 122 Å². The molecule has 30 heavy (non-hydrogen) atoms. The fourth-order valence-corrected chi connectivity index (χ4v) is 5.84. The Morgan fingerprint density at radius 2 is 1.87 bits per heavy atom. The number of nitrogens with two attached hydrogens (primary N) is 1. The summed E-state index contributed by atoms with van der Waals surface area (Å²) in [6.45, 7) is 2.97. The van der Waals surface area contributed by atoms with Crippen LogP contribution in [0, 0.1) is 5.92 Å². The monoisotopic (exact) mass is 436 g/mol. The number of nitrogens with zero attached hydrogens (tertiary/aromatic N) is 4. The quantitative estimate of drug-likeness (QED) is 0.692. The normalized spacial score (nSPS) is 22.8. The van der Waals surface area contributed by atoms with Crippen LogP contribution in [-0.4, -0.2) is 62.8 Å². The van der Waals surface area contributed by atoms with Gasteiger partial charge in [-0.25, -0.2) is 18.5 Å². The number of nitrogens with one attached hydrogen (secondary N) is 1. The van der Waals surface area contributed by atoms with Crippen LogP contribution in [0.3, 0.4) is 0 Å². The van der Waals surface area contributed by atoms with Crippen LogP contribution < -0.4 is 20.3 Å². The molecule has 2 saturated heterocycles. The Morgan fingerprint density at radius 3 is 2.57 bits per heavy atom. The molecule has 1 amide bonds. The molecule has 0 radical (unpaired) electrons. The zero-order chi connectivity index (χ0) is 21.3. The fraction of sp³-hybridized carbons (Fsp3) is 0.750. The average Bonchev–Trinajstić information content (AvgIpc) is 3.21. The van der Waals surface area contributed by atoms with Crippen molar-refractivity contribution in [1.82, 2.24) is 15.3 Å². The van der Waals surface area contributed by atoms with Gasteiger partial charge in [0.1, 0.15) is 5.82 Å². The third-order valence-corrected chi connectivity index (χ3v) is 8.06. The summed E-state index contributed by atoms with van der Waals surface area (Å²) in [7, 11) is -1.81. The van der Waals surface area contributed by atoms with Crippen LogP contribution in [0.25, 0.3) is 0 Å². The van der Waals surface area contributed by atoms with E-state index in [2.05, 4.69) is 15.1 Å². The van der Waals surface area contributed by atoms with Crippen molar-refractivity contribution >= 4 is 27.7 Å². The number of anilines is 2. The number of fused-ring (bicyclic) bond motifs is 1. The molecular formula is C20H32N6O3S. The second-order valence-electron chi connectivity index (χ2n) is 8.73. The lowest BCUT2D eigenvalue weighted by Crippen LogP contribution is -2.43. The molecule has 9 nitrogen and oxygen atoms in total. The molecule has 4 rings (SSSR count). The molecular weight excluding hydrogens is 404 g/mol. The molecule has 1 atom stereocenters. The largest absolute Gasteiger partial charge is 0.359 e. The maximum absolute atomic E-state index is 11.9. The molecule has 2 fully saturated rings. The number of aryl methyl sites for hydroxylation is 1. The third kappa shape index (κ3) is 4.54. The van der Waals surface area contributed by atoms with Crippen molar-refractivity contribution in [3.8, 4) is 0 Å². The van der Waals surface area contributed by atoms with Crippen molar-refractivity contribution in [2.45, 2.75) is 56.6 Å². The van der Waals surface area contributed by atoms with Crippen LogP contribution in [0.4, 0.5) is 11.8 Å². The second kappa shape index (κ2) is 8.66. The van der Waals surface area contributed by atoms with Gasteiger partial charge in [-0.1, -0.05) is 0 Å². The highest BCUT2D eigenvalue weighted by molar-refractivity contribution is 7.89. The van der Waals surface area contributed by atoms with E-state index in [1.165, 1.54) is 5.56 Å². The van der Waals surface area contributed by atoms with Crippen LogP contribution in [0.5, 0.6) is 0 Å². The van der Waals surface area contributed by atoms with Gasteiger partial charge in [0.15, 0.2) is 0 Å². The molecule has 0 aromatic carbocycles. The number of piperidine rings is 2. The molecule has 0 bridgehead atoms. The Bertz CT molecular complexity index is 898. The second-order valence-corrected chi connectivity index (χ2v) is 10.6. The molecule has 2 aliphatic heterocycles. The zero-order valence-corrected chi connectivity index (χ0v) is 18.5. The first-order valence-electron chi connectivity index (χ1n) is 11.0. The van der Waals surface area contributed by atoms with Crippen LogP contribution in [0.2, 0.25) is 0 Å². The molecule has 3 N–H and O–H groups in total. The first-order chi connectivity index (χ1) is 14.3. The van der Waals surface area contributed by atoms with Gasteiger partial charge in [-0.15, -0.1) is 0 Å². The number of carbonyl (C=O) groups is 1. The number of carbonyl (C=O) groups excluding carboxylic acids is 1. The molecule has 1 aromatic rings. The van der Waals surface area contributed by atoms with Crippen molar-refractivity contribution < 1.29 is 13.2 Å². The molecule has 1 unspecified atom stereocenters. The van der Waals surface area contributed by atoms with E-state index in [0.717, 1.165) is 56.7 Å². The highest BCUT2D eigenvalue weighted by Gasteiger charge is 2.31. The summed E-state index contributed by atoms with van der Waals surface area (Å²) in [5, 5.41) is 7.59. The SMILES string of the molecule is CNC(=O)CC1CCCN(c2nc(N3CCC(S(N)(=O)=O)CC3)nc3c2CCC3)C1. The summed E-state index contributed by atoms with van der Waals surface area (Å²) in [4.78, 5) is 26.1. The molecule has 10 heteroatoms. The summed E-state index contributed by atoms with van der Waals surface area (Å²) in [6, 6.07) is 0. The van der Waals surface area contributed by atoms with E-state index >= 15 is 0 Å². The first kappa shape index (κ1) is 21.3. The van der Waals surface area contributed by atoms with Crippen molar-refractivity contribution in [2.24, 2.45) is 11.1 Å². The number of aromatic nitrogens is 2. The summed E-state index contributed by atoms with van der Waals surface area (Å²) in [5.41, 5.74) is 2.37. The number of amides is 1. The van der Waals surface area contributed by atoms with Crippen molar-refractivity contribution in [1.29, 1.82) is 0 Å². The molecule has 1 aliphatic carbocycles. The lowest BCUT2D eigenvalue weighted by Gasteiger charge is -2.36. The third-order valence-electron chi connectivity index (χ3n) is 6.66. The minimum Gasteiger partial charge on any atom is -0.359 e. The fourth-order valence-electron chi connectivity index (χ4n) is 4.98. The number of hydrogen-bond donors (Lipinski definition) is 2. The van der Waals surface area contributed by atoms with Gasteiger partial charge in [-0.05, 0) is 50.9 Å². The van der Waals surface area contributed by atoms with E-state index in [1.54, 1.807) is 7.05 Å². The maximum atomic E-state index is 11.9. The number of hydrogen-bond acceptors (Lipinski definition) is 7. The van der Waals surface area contributed by atoms with Crippen LogP contribution in [-0.2, 0) is 27.7 Å². The van der Waals surface area contributed by atoms with Gasteiger partial charge in [0.2, 0.25) is 21.9 Å². The number of sulfonamides is 1. The van der Waals surface area contributed by atoms with E-state index < -0.39 is 15.3 Å². The summed E-state index contributed by atoms with van der Waals surface area (Å²) < 4.78 is 23.3. The molecule has 0 saturated carbocycles. The minimum absolute atomic E-state index is 0.0909. The van der Waals surface area contributed by atoms with Crippen molar-refractivity contribution in [3.63, 3.8) is 0 Å². The Morgan fingerprint density at radius 1 is 1.10 bits per heavy atom. The predicted octanol–water partition coefficient (Wildman–Crippen LogP) is 0.575. The minimum atomic E-state index is -3.49. The Labute approximate surface area is 178 Å². The van der Waals surface area contributed by atoms with E-state index in [9.17, 15) is 13.2 Å². The Kier molecular flexibility index (Phi) is 6.15. The zero-order valence-electron chi connectivity index (χ0n) is 17.6. The standard InChI is InChI=1S/C20H32N6O3S/c1-22-18(27)12-14-4-3-9-26(13-14)19-16-5-2-6-17(16)23-20(24-19)25-10-7-15(8-11-25)30(21,28)29/h14-15H,2-13H2,1H3,(H,22,27)(H2,21,28,29). The van der Waals surface area contributed by atoms with Gasteiger partial charge in [0.25, 0.3) is 0 Å². The van der Waals surface area contributed by atoms with Crippen LogP contribution in [0.1, 0.15) is 49.8 Å². The lowest BCUT2D eigenvalue weighted by atomic mass is 9.94. The molecule has 0 spiro atoms. The number of rotatable bonds is 5. The van der Waals surface area contributed by atoms with E-state index in [4.69, 9.17) is 15.1 Å². The van der Waals surface area contributed by atoms with E-state index in [-0.39, 0.29) is 5.91 Å². The lowest BCUT2D eigenvalue weighted by molar-refractivity contribution is -0.121. The summed E-state index contributed by atoms with van der Waals surface area (Å²) >= 11 is 0. The number of primary sulfonamides is 1. The Hall–Kier alpha value is -1.94.